The van der Waals surface area contributed by atoms with Crippen molar-refractivity contribution in [1.29, 1.82) is 0 Å². The molecule has 0 aliphatic rings. The van der Waals surface area contributed by atoms with Gasteiger partial charge in [-0.05, 0) is 53.5 Å². The quantitative estimate of drug-likeness (QED) is 0.515. The zero-order valence-corrected chi connectivity index (χ0v) is 14.9. The highest BCUT2D eigenvalue weighted by atomic mass is 127. The van der Waals surface area contributed by atoms with Crippen LogP contribution < -0.4 is 0 Å². The van der Waals surface area contributed by atoms with Crippen molar-refractivity contribution in [2.24, 2.45) is 0 Å². The molecule has 2 aromatic rings. The van der Waals surface area contributed by atoms with Crippen LogP contribution in [0.15, 0.2) is 18.2 Å². The highest BCUT2D eigenvalue weighted by molar-refractivity contribution is 14.1. The third-order valence-electron chi connectivity index (χ3n) is 3.27. The minimum atomic E-state index is 0.624. The molecule has 0 aliphatic heterocycles. The summed E-state index contributed by atoms with van der Waals surface area (Å²) >= 11 is 10.1. The van der Waals surface area contributed by atoms with Gasteiger partial charge in [0, 0.05) is 27.7 Å². The van der Waals surface area contributed by atoms with Crippen molar-refractivity contribution in [3.05, 3.63) is 27.6 Å². The Morgan fingerprint density at radius 3 is 2.95 bits per heavy atom. The van der Waals surface area contributed by atoms with Gasteiger partial charge in [-0.2, -0.15) is 11.8 Å². The van der Waals surface area contributed by atoms with Crippen LogP contribution >= 0.6 is 46.0 Å². The van der Waals surface area contributed by atoms with Gasteiger partial charge in [0.05, 0.1) is 11.0 Å². The number of alkyl halides is 1. The maximum atomic E-state index is 5.90. The first kappa shape index (κ1) is 15.4. The van der Waals surface area contributed by atoms with Crippen LogP contribution in [0.25, 0.3) is 11.0 Å². The molecule has 5 heteroatoms. The van der Waals surface area contributed by atoms with Crippen LogP contribution in [-0.2, 0) is 13.0 Å². The maximum Gasteiger partial charge on any atom is 0.111 e. The van der Waals surface area contributed by atoms with Crippen LogP contribution in [0.5, 0.6) is 0 Å². The summed E-state index contributed by atoms with van der Waals surface area (Å²) in [5.41, 5.74) is 2.32. The molecule has 0 amide bonds. The van der Waals surface area contributed by atoms with Gasteiger partial charge in [-0.15, -0.1) is 11.6 Å². The van der Waals surface area contributed by atoms with E-state index >= 15 is 0 Å². The molecule has 0 aliphatic carbocycles. The van der Waals surface area contributed by atoms with Crippen molar-refractivity contribution < 1.29 is 0 Å². The largest absolute Gasteiger partial charge is 0.328 e. The fourth-order valence-electron chi connectivity index (χ4n) is 2.11. The minimum Gasteiger partial charge on any atom is -0.328 e. The Balaban J connectivity index is 2.34. The molecule has 0 saturated carbocycles. The first-order chi connectivity index (χ1) is 9.15. The Morgan fingerprint density at radius 1 is 1.47 bits per heavy atom. The second-order valence-electron chi connectivity index (χ2n) is 4.59. The van der Waals surface area contributed by atoms with E-state index in [0.717, 1.165) is 30.7 Å². The van der Waals surface area contributed by atoms with Crippen molar-refractivity contribution in [1.82, 2.24) is 9.55 Å². The Kier molecular flexibility index (Phi) is 5.84. The van der Waals surface area contributed by atoms with Gasteiger partial charge in [0.1, 0.15) is 5.82 Å². The van der Waals surface area contributed by atoms with Gasteiger partial charge in [-0.1, -0.05) is 6.92 Å². The summed E-state index contributed by atoms with van der Waals surface area (Å²) in [7, 11) is 0. The summed E-state index contributed by atoms with van der Waals surface area (Å²) in [6.07, 6.45) is 4.16. The average Bonchev–Trinajstić information content (AvgIpc) is 2.73. The minimum absolute atomic E-state index is 0.624. The smallest absolute Gasteiger partial charge is 0.111 e. The lowest BCUT2D eigenvalue weighted by Gasteiger charge is -2.12. The molecule has 0 bridgehead atoms. The van der Waals surface area contributed by atoms with Gasteiger partial charge < -0.3 is 4.57 Å². The molecule has 1 unspecified atom stereocenters. The fraction of sp³-hybridized carbons (Fsp3) is 0.500. The lowest BCUT2D eigenvalue weighted by molar-refractivity contribution is 0.628. The van der Waals surface area contributed by atoms with E-state index in [9.17, 15) is 0 Å². The molecule has 0 radical (unpaired) electrons. The lowest BCUT2D eigenvalue weighted by Crippen LogP contribution is -2.08. The molecule has 0 spiro atoms. The number of fused-ring (bicyclic) bond motifs is 1. The van der Waals surface area contributed by atoms with E-state index in [2.05, 4.69) is 58.5 Å². The predicted molar refractivity (Wildman–Crippen MR) is 94.5 cm³/mol. The SMILES string of the molecule is CSC(C)CCn1c(CCCl)nc2cc(I)ccc21. The normalized spacial score (nSPS) is 13.1. The zero-order chi connectivity index (χ0) is 13.8. The molecule has 2 nitrogen and oxygen atoms in total. The third kappa shape index (κ3) is 3.79. The van der Waals surface area contributed by atoms with Gasteiger partial charge in [0.15, 0.2) is 0 Å². The number of nitrogens with zero attached hydrogens (tertiary/aromatic N) is 2. The van der Waals surface area contributed by atoms with Crippen molar-refractivity contribution in [2.45, 2.75) is 31.6 Å². The van der Waals surface area contributed by atoms with Crippen molar-refractivity contribution >= 4 is 57.0 Å². The predicted octanol–water partition coefficient (Wildman–Crippen LogP) is 4.56. The number of thioether (sulfide) groups is 1. The van der Waals surface area contributed by atoms with Gasteiger partial charge in [-0.3, -0.25) is 0 Å². The highest BCUT2D eigenvalue weighted by Gasteiger charge is 2.11. The Hall–Kier alpha value is 0.0600. The van der Waals surface area contributed by atoms with Crippen molar-refractivity contribution in [3.8, 4) is 0 Å². The van der Waals surface area contributed by atoms with E-state index in [4.69, 9.17) is 16.6 Å². The van der Waals surface area contributed by atoms with E-state index in [-0.39, 0.29) is 0 Å². The second kappa shape index (κ2) is 7.18. The summed E-state index contributed by atoms with van der Waals surface area (Å²) in [4.78, 5) is 4.73. The topological polar surface area (TPSA) is 17.8 Å². The van der Waals surface area contributed by atoms with Crippen molar-refractivity contribution in [2.75, 3.05) is 12.1 Å². The molecule has 0 saturated heterocycles. The van der Waals surface area contributed by atoms with E-state index in [1.54, 1.807) is 0 Å². The van der Waals surface area contributed by atoms with Crippen LogP contribution in [-0.4, -0.2) is 26.9 Å². The van der Waals surface area contributed by atoms with Crippen LogP contribution in [0.3, 0.4) is 0 Å². The van der Waals surface area contributed by atoms with Crippen LogP contribution in [0.2, 0.25) is 0 Å². The summed E-state index contributed by atoms with van der Waals surface area (Å²) in [5, 5.41) is 0.671. The fourth-order valence-corrected chi connectivity index (χ4v) is 3.09. The third-order valence-corrected chi connectivity index (χ3v) is 5.17. The van der Waals surface area contributed by atoms with E-state index in [1.165, 1.54) is 9.09 Å². The number of imidazole rings is 1. The van der Waals surface area contributed by atoms with Crippen molar-refractivity contribution in [3.63, 3.8) is 0 Å². The van der Waals surface area contributed by atoms with Gasteiger partial charge in [-0.25, -0.2) is 4.98 Å². The summed E-state index contributed by atoms with van der Waals surface area (Å²) < 4.78 is 3.56. The molecular weight excluding hydrogens is 391 g/mol. The van der Waals surface area contributed by atoms with Crippen LogP contribution in [0.4, 0.5) is 0 Å². The molecule has 0 N–H and O–H groups in total. The average molecular weight is 409 g/mol. The molecule has 0 fully saturated rings. The van der Waals surface area contributed by atoms with Crippen LogP contribution in [0, 0.1) is 3.57 Å². The number of aromatic nitrogens is 2. The van der Waals surface area contributed by atoms with E-state index in [0.29, 0.717) is 11.1 Å². The number of benzene rings is 1. The van der Waals surface area contributed by atoms with Crippen LogP contribution in [0.1, 0.15) is 19.2 Å². The maximum absolute atomic E-state index is 5.90. The molecule has 2 rings (SSSR count). The van der Waals surface area contributed by atoms with Gasteiger partial charge in [0.2, 0.25) is 0 Å². The van der Waals surface area contributed by atoms with Gasteiger partial charge in [0.25, 0.3) is 0 Å². The molecule has 19 heavy (non-hydrogen) atoms. The Labute approximate surface area is 137 Å². The highest BCUT2D eigenvalue weighted by Crippen LogP contribution is 2.21. The Morgan fingerprint density at radius 2 is 2.26 bits per heavy atom. The number of hydrogen-bond acceptors (Lipinski definition) is 2. The zero-order valence-electron chi connectivity index (χ0n) is 11.2. The summed E-state index contributed by atoms with van der Waals surface area (Å²) in [6, 6.07) is 6.46. The molecule has 104 valence electrons. The molecule has 1 atom stereocenters. The number of aryl methyl sites for hydroxylation is 2. The van der Waals surface area contributed by atoms with Gasteiger partial charge >= 0.3 is 0 Å². The second-order valence-corrected chi connectivity index (χ2v) is 7.49. The molecule has 1 aromatic carbocycles. The van der Waals surface area contributed by atoms with E-state index in [1.807, 2.05) is 11.8 Å². The van der Waals surface area contributed by atoms with E-state index < -0.39 is 0 Å². The standard InChI is InChI=1S/C14H18ClIN2S/c1-10(19-2)6-8-18-13-4-3-11(16)9-12(13)17-14(18)5-7-15/h3-4,9-10H,5-8H2,1-2H3. The number of rotatable bonds is 6. The first-order valence-electron chi connectivity index (χ1n) is 6.39. The number of halogens is 2. The summed E-state index contributed by atoms with van der Waals surface area (Å²) in [6.45, 7) is 3.29. The molecule has 1 aromatic heterocycles. The molecule has 1 heterocycles. The molecular formula is C14H18ClIN2S. The number of hydrogen-bond donors (Lipinski definition) is 0. The monoisotopic (exact) mass is 408 g/mol. The summed E-state index contributed by atoms with van der Waals surface area (Å²) in [5.74, 6) is 1.73. The Bertz CT molecular complexity index is 556. The first-order valence-corrected chi connectivity index (χ1v) is 9.29. The lowest BCUT2D eigenvalue weighted by atomic mass is 10.3.